The predicted octanol–water partition coefficient (Wildman–Crippen LogP) is 4.22. The molecule has 4 aromatic rings. The Bertz CT molecular complexity index is 1490. The molecular formula is C27H33ClN6O2. The zero-order valence-electron chi connectivity index (χ0n) is 21.3. The van der Waals surface area contributed by atoms with Crippen LogP contribution in [0.4, 0.5) is 5.69 Å². The van der Waals surface area contributed by atoms with Crippen LogP contribution >= 0.6 is 11.6 Å². The molecule has 0 saturated carbocycles. The van der Waals surface area contributed by atoms with Crippen molar-refractivity contribution in [2.24, 2.45) is 7.05 Å². The molecule has 1 atom stereocenters. The summed E-state index contributed by atoms with van der Waals surface area (Å²) >= 11 is 6.32. The van der Waals surface area contributed by atoms with Crippen molar-refractivity contribution < 1.29 is 5.11 Å². The molecule has 1 aromatic carbocycles. The Hall–Kier alpha value is -2.94. The van der Waals surface area contributed by atoms with Crippen molar-refractivity contribution in [3.63, 3.8) is 0 Å². The van der Waals surface area contributed by atoms with Gasteiger partial charge in [-0.1, -0.05) is 29.3 Å². The van der Waals surface area contributed by atoms with Crippen LogP contribution in [-0.4, -0.2) is 56.1 Å². The molecular weight excluding hydrogens is 476 g/mol. The molecule has 1 aliphatic rings. The van der Waals surface area contributed by atoms with Gasteiger partial charge in [0, 0.05) is 23.7 Å². The number of fused-ring (bicyclic) bond motifs is 3. The number of nitrogens with zero attached hydrogens (tertiary/aromatic N) is 5. The molecule has 36 heavy (non-hydrogen) atoms. The molecule has 0 aliphatic carbocycles. The summed E-state index contributed by atoms with van der Waals surface area (Å²) in [6, 6.07) is 9.60. The lowest BCUT2D eigenvalue weighted by atomic mass is 9.92. The molecule has 1 unspecified atom stereocenters. The number of aromatic nitrogens is 4. The Morgan fingerprint density at radius 3 is 2.64 bits per heavy atom. The number of aliphatic hydroxyl groups is 1. The van der Waals surface area contributed by atoms with Gasteiger partial charge in [0.2, 0.25) is 0 Å². The maximum absolute atomic E-state index is 13.2. The number of nitrogens with one attached hydrogen (secondary N) is 1. The van der Waals surface area contributed by atoms with Crippen LogP contribution in [0, 0.1) is 6.92 Å². The third-order valence-electron chi connectivity index (χ3n) is 7.34. The molecule has 4 heterocycles. The number of aliphatic hydroxyl groups excluding tert-OH is 1. The standard InChI is InChI=1S/C27H33ClN6O2/c1-16-5-6-19-20(15-16)27(36)33(4)26-23(19)24(31-34(26)13-14-35)17(2)29-21-7-8-22(28)30-25(21)18-9-11-32(3)12-10-18/h5-8,15,17-18,29,35H,9-14H2,1-4H3. The van der Waals surface area contributed by atoms with Gasteiger partial charge in [0.05, 0.1) is 41.7 Å². The van der Waals surface area contributed by atoms with Crippen LogP contribution in [0.3, 0.4) is 0 Å². The fourth-order valence-corrected chi connectivity index (χ4v) is 5.57. The number of likely N-dealkylation sites (tertiary alicyclic amines) is 1. The van der Waals surface area contributed by atoms with Crippen LogP contribution in [0.25, 0.3) is 21.8 Å². The number of hydrogen-bond acceptors (Lipinski definition) is 6. The fraction of sp³-hybridized carbons (Fsp3) is 0.444. The number of hydrogen-bond donors (Lipinski definition) is 2. The second-order valence-electron chi connectivity index (χ2n) is 9.95. The van der Waals surface area contributed by atoms with Crippen LogP contribution < -0.4 is 10.9 Å². The highest BCUT2D eigenvalue weighted by Gasteiger charge is 2.26. The third kappa shape index (κ3) is 4.38. The van der Waals surface area contributed by atoms with Crippen molar-refractivity contribution in [1.82, 2.24) is 24.2 Å². The van der Waals surface area contributed by atoms with Crippen molar-refractivity contribution in [3.8, 4) is 0 Å². The van der Waals surface area contributed by atoms with Crippen molar-refractivity contribution >= 4 is 39.1 Å². The summed E-state index contributed by atoms with van der Waals surface area (Å²) in [5.74, 6) is 0.336. The molecule has 3 aromatic heterocycles. The number of rotatable bonds is 6. The van der Waals surface area contributed by atoms with Crippen LogP contribution in [0.15, 0.2) is 35.1 Å². The lowest BCUT2D eigenvalue weighted by molar-refractivity contribution is 0.253. The van der Waals surface area contributed by atoms with Crippen molar-refractivity contribution in [2.45, 2.75) is 45.2 Å². The molecule has 1 saturated heterocycles. The van der Waals surface area contributed by atoms with E-state index >= 15 is 0 Å². The van der Waals surface area contributed by atoms with Gasteiger partial charge in [-0.2, -0.15) is 5.10 Å². The highest BCUT2D eigenvalue weighted by atomic mass is 35.5. The first-order valence-corrected chi connectivity index (χ1v) is 12.9. The number of benzene rings is 1. The zero-order valence-corrected chi connectivity index (χ0v) is 22.0. The number of piperidine rings is 1. The second kappa shape index (κ2) is 9.84. The molecule has 1 fully saturated rings. The summed E-state index contributed by atoms with van der Waals surface area (Å²) in [6.07, 6.45) is 2.07. The summed E-state index contributed by atoms with van der Waals surface area (Å²) < 4.78 is 3.38. The van der Waals surface area contributed by atoms with Gasteiger partial charge in [0.1, 0.15) is 10.8 Å². The number of halogens is 1. The van der Waals surface area contributed by atoms with Gasteiger partial charge < -0.3 is 15.3 Å². The first-order valence-electron chi connectivity index (χ1n) is 12.5. The minimum absolute atomic E-state index is 0.0699. The normalized spacial score (nSPS) is 16.2. The molecule has 8 nitrogen and oxygen atoms in total. The smallest absolute Gasteiger partial charge is 0.259 e. The van der Waals surface area contributed by atoms with E-state index in [9.17, 15) is 9.90 Å². The van der Waals surface area contributed by atoms with Crippen molar-refractivity contribution in [3.05, 3.63) is 62.8 Å². The Morgan fingerprint density at radius 1 is 1.17 bits per heavy atom. The lowest BCUT2D eigenvalue weighted by Crippen LogP contribution is -2.30. The first kappa shape index (κ1) is 24.7. The number of anilines is 1. The summed E-state index contributed by atoms with van der Waals surface area (Å²) in [5, 5.41) is 21.2. The number of pyridine rings is 2. The summed E-state index contributed by atoms with van der Waals surface area (Å²) in [6.45, 7) is 6.36. The topological polar surface area (TPSA) is 88.2 Å². The molecule has 0 amide bonds. The monoisotopic (exact) mass is 508 g/mol. The van der Waals surface area contributed by atoms with Gasteiger partial charge >= 0.3 is 0 Å². The molecule has 2 N–H and O–H groups in total. The molecule has 0 radical (unpaired) electrons. The first-order chi connectivity index (χ1) is 17.3. The molecule has 0 bridgehead atoms. The predicted molar refractivity (Wildman–Crippen MR) is 145 cm³/mol. The Kier molecular flexibility index (Phi) is 6.76. The Morgan fingerprint density at radius 2 is 1.92 bits per heavy atom. The van der Waals surface area contributed by atoms with Gasteiger partial charge in [-0.15, -0.1) is 0 Å². The van der Waals surface area contributed by atoms with Crippen LogP contribution in [0.1, 0.15) is 48.7 Å². The average molecular weight is 509 g/mol. The second-order valence-corrected chi connectivity index (χ2v) is 10.3. The Balaban J connectivity index is 1.63. The van der Waals surface area contributed by atoms with E-state index in [-0.39, 0.29) is 18.2 Å². The van der Waals surface area contributed by atoms with E-state index in [4.69, 9.17) is 21.7 Å². The zero-order chi connectivity index (χ0) is 25.6. The summed E-state index contributed by atoms with van der Waals surface area (Å²) in [4.78, 5) is 20.3. The molecule has 190 valence electrons. The van der Waals surface area contributed by atoms with Gasteiger partial charge in [-0.3, -0.25) is 9.36 Å². The molecule has 9 heteroatoms. The van der Waals surface area contributed by atoms with E-state index in [1.807, 2.05) is 37.3 Å². The van der Waals surface area contributed by atoms with E-state index in [2.05, 4.69) is 24.2 Å². The largest absolute Gasteiger partial charge is 0.394 e. The SMILES string of the molecule is Cc1ccc2c(c1)c(=O)n(C)c1c2c(C(C)Nc2ccc(Cl)nc2C2CCN(C)CC2)nn1CCO. The van der Waals surface area contributed by atoms with E-state index in [0.717, 1.165) is 59.3 Å². The van der Waals surface area contributed by atoms with Gasteiger partial charge in [0.15, 0.2) is 0 Å². The maximum atomic E-state index is 13.2. The van der Waals surface area contributed by atoms with Crippen LogP contribution in [0.5, 0.6) is 0 Å². The minimum atomic E-state index is -0.178. The molecule has 5 rings (SSSR count). The van der Waals surface area contributed by atoms with Crippen LogP contribution in [-0.2, 0) is 13.6 Å². The van der Waals surface area contributed by atoms with E-state index in [1.165, 1.54) is 0 Å². The maximum Gasteiger partial charge on any atom is 0.259 e. The van der Waals surface area contributed by atoms with Crippen molar-refractivity contribution in [1.29, 1.82) is 0 Å². The van der Waals surface area contributed by atoms with Crippen LogP contribution in [0.2, 0.25) is 5.15 Å². The summed E-state index contributed by atoms with van der Waals surface area (Å²) in [5.41, 5.74) is 4.44. The highest BCUT2D eigenvalue weighted by molar-refractivity contribution is 6.29. The number of aryl methyl sites for hydroxylation is 2. The lowest BCUT2D eigenvalue weighted by Gasteiger charge is -2.30. The molecule has 0 spiro atoms. The van der Waals surface area contributed by atoms with E-state index < -0.39 is 0 Å². The quantitative estimate of drug-likeness (QED) is 0.379. The fourth-order valence-electron chi connectivity index (χ4n) is 5.42. The van der Waals surface area contributed by atoms with Gasteiger partial charge in [0.25, 0.3) is 5.56 Å². The third-order valence-corrected chi connectivity index (χ3v) is 7.55. The van der Waals surface area contributed by atoms with Gasteiger partial charge in [-0.25, -0.2) is 9.67 Å². The Labute approximate surface area is 215 Å². The molecule has 1 aliphatic heterocycles. The van der Waals surface area contributed by atoms with Gasteiger partial charge in [-0.05, 0) is 65.0 Å². The van der Waals surface area contributed by atoms with Crippen molar-refractivity contribution in [2.75, 3.05) is 32.1 Å². The van der Waals surface area contributed by atoms with E-state index in [1.54, 1.807) is 16.3 Å². The minimum Gasteiger partial charge on any atom is -0.394 e. The summed E-state index contributed by atoms with van der Waals surface area (Å²) in [7, 11) is 3.92. The average Bonchev–Trinajstić information content (AvgIpc) is 3.24. The highest BCUT2D eigenvalue weighted by Crippen LogP contribution is 2.36. The van der Waals surface area contributed by atoms with E-state index in [0.29, 0.717) is 28.6 Å².